The van der Waals surface area contributed by atoms with Gasteiger partial charge in [0.2, 0.25) is 0 Å². The number of alkyl halides is 3. The number of phenolic OH excluding ortho intramolecular Hbond substituents is 1. The molecule has 0 unspecified atom stereocenters. The molecule has 1 aliphatic heterocycles. The first-order valence-electron chi connectivity index (χ1n) is 10.7. The van der Waals surface area contributed by atoms with Gasteiger partial charge < -0.3 is 14.8 Å². The van der Waals surface area contributed by atoms with Crippen LogP contribution in [-0.2, 0) is 11.3 Å². The number of rotatable bonds is 7. The van der Waals surface area contributed by atoms with Crippen LogP contribution in [0.4, 0.5) is 13.2 Å². The predicted molar refractivity (Wildman–Crippen MR) is 118 cm³/mol. The Bertz CT molecular complexity index is 1160. The van der Waals surface area contributed by atoms with Crippen molar-refractivity contribution in [3.63, 3.8) is 0 Å². The van der Waals surface area contributed by atoms with Gasteiger partial charge in [0, 0.05) is 32.7 Å². The van der Waals surface area contributed by atoms with Gasteiger partial charge in [-0.05, 0) is 28.8 Å². The Balaban J connectivity index is 1.35. The zero-order chi connectivity index (χ0) is 23.4. The van der Waals surface area contributed by atoms with E-state index in [-0.39, 0.29) is 16.8 Å². The van der Waals surface area contributed by atoms with Gasteiger partial charge in [-0.1, -0.05) is 24.3 Å². The number of hydrogen-bond acceptors (Lipinski definition) is 6. The molecule has 1 aromatic heterocycles. The number of nitrogens with zero attached hydrogens (tertiary/aromatic N) is 3. The SMILES string of the molecule is O=c1[nH]cnc2c(O)cc(-c3ccccc3COCCN3CCN(CC(F)(F)F)CC3)cc12. The topological polar surface area (TPSA) is 81.7 Å². The molecule has 0 aliphatic carbocycles. The molecule has 2 heterocycles. The standard InChI is InChI=1S/C23H25F3N4O3/c24-23(25,26)14-30-7-5-29(6-8-30)9-10-33-13-16-3-1-2-4-18(16)17-11-19-21(20(31)12-17)27-15-28-22(19)32/h1-4,11-12,15,31H,5-10,13-14H2,(H,27,28,32). The van der Waals surface area contributed by atoms with Crippen molar-refractivity contribution in [1.82, 2.24) is 19.8 Å². The number of halogens is 3. The second-order valence-electron chi connectivity index (χ2n) is 8.07. The minimum atomic E-state index is -4.16. The molecule has 4 rings (SSSR count). The minimum absolute atomic E-state index is 0.0750. The van der Waals surface area contributed by atoms with E-state index in [0.717, 1.165) is 11.1 Å². The number of fused-ring (bicyclic) bond motifs is 1. The van der Waals surface area contributed by atoms with Gasteiger partial charge in [0.05, 0.1) is 31.5 Å². The first-order chi connectivity index (χ1) is 15.8. The maximum Gasteiger partial charge on any atom is 0.401 e. The van der Waals surface area contributed by atoms with Gasteiger partial charge in [-0.3, -0.25) is 14.6 Å². The van der Waals surface area contributed by atoms with E-state index in [2.05, 4.69) is 14.9 Å². The first kappa shape index (κ1) is 23.2. The number of aromatic amines is 1. The quantitative estimate of drug-likeness (QED) is 0.526. The van der Waals surface area contributed by atoms with Crippen LogP contribution < -0.4 is 5.56 Å². The van der Waals surface area contributed by atoms with Crippen molar-refractivity contribution >= 4 is 10.9 Å². The number of aromatic hydroxyl groups is 1. The van der Waals surface area contributed by atoms with Crippen LogP contribution in [0.5, 0.6) is 5.75 Å². The molecular weight excluding hydrogens is 437 g/mol. The molecule has 10 heteroatoms. The number of benzene rings is 2. The summed E-state index contributed by atoms with van der Waals surface area (Å²) in [5, 5.41) is 10.6. The molecule has 1 aliphatic rings. The van der Waals surface area contributed by atoms with E-state index < -0.39 is 12.7 Å². The van der Waals surface area contributed by atoms with E-state index in [0.29, 0.717) is 56.9 Å². The van der Waals surface area contributed by atoms with Crippen molar-refractivity contribution in [2.45, 2.75) is 12.8 Å². The lowest BCUT2D eigenvalue weighted by Crippen LogP contribution is -2.49. The van der Waals surface area contributed by atoms with Crippen molar-refractivity contribution < 1.29 is 23.0 Å². The number of nitrogens with one attached hydrogen (secondary N) is 1. The Labute approximate surface area is 188 Å². The molecular formula is C23H25F3N4O3. The molecule has 0 saturated carbocycles. The molecule has 1 saturated heterocycles. The highest BCUT2D eigenvalue weighted by atomic mass is 19.4. The van der Waals surface area contributed by atoms with E-state index in [1.165, 1.54) is 11.2 Å². The third-order valence-electron chi connectivity index (χ3n) is 5.73. The van der Waals surface area contributed by atoms with Crippen molar-refractivity contribution in [2.24, 2.45) is 0 Å². The van der Waals surface area contributed by atoms with E-state index >= 15 is 0 Å². The fourth-order valence-corrected chi connectivity index (χ4v) is 4.04. The average Bonchev–Trinajstić information content (AvgIpc) is 2.78. The number of hydrogen-bond donors (Lipinski definition) is 2. The molecule has 176 valence electrons. The third-order valence-corrected chi connectivity index (χ3v) is 5.73. The van der Waals surface area contributed by atoms with Gasteiger partial charge >= 0.3 is 6.18 Å². The van der Waals surface area contributed by atoms with E-state index in [4.69, 9.17) is 4.74 Å². The van der Waals surface area contributed by atoms with Crippen molar-refractivity contribution in [2.75, 3.05) is 45.9 Å². The molecule has 0 atom stereocenters. The smallest absolute Gasteiger partial charge is 0.401 e. The van der Waals surface area contributed by atoms with Gasteiger partial charge in [0.25, 0.3) is 5.56 Å². The van der Waals surface area contributed by atoms with Crippen LogP contribution in [-0.4, -0.2) is 76.9 Å². The van der Waals surface area contributed by atoms with E-state index in [9.17, 15) is 23.1 Å². The van der Waals surface area contributed by atoms with Crippen LogP contribution in [0, 0.1) is 0 Å². The molecule has 2 aromatic carbocycles. The number of piperazine rings is 1. The summed E-state index contributed by atoms with van der Waals surface area (Å²) in [5.74, 6) is -0.0750. The zero-order valence-electron chi connectivity index (χ0n) is 17.9. The van der Waals surface area contributed by atoms with Crippen LogP contribution in [0.15, 0.2) is 47.5 Å². The second kappa shape index (κ2) is 9.90. The lowest BCUT2D eigenvalue weighted by Gasteiger charge is -2.34. The molecule has 2 N–H and O–H groups in total. The van der Waals surface area contributed by atoms with Crippen LogP contribution in [0.3, 0.4) is 0 Å². The van der Waals surface area contributed by atoms with Crippen molar-refractivity contribution in [3.8, 4) is 16.9 Å². The number of phenols is 1. The molecule has 1 fully saturated rings. The number of aromatic nitrogens is 2. The largest absolute Gasteiger partial charge is 0.506 e. The molecule has 0 amide bonds. The van der Waals surface area contributed by atoms with Crippen LogP contribution >= 0.6 is 0 Å². The summed E-state index contributed by atoms with van der Waals surface area (Å²) in [6.45, 7) is 2.49. The maximum absolute atomic E-state index is 12.5. The molecule has 0 spiro atoms. The summed E-state index contributed by atoms with van der Waals surface area (Å²) in [7, 11) is 0. The average molecular weight is 462 g/mol. The van der Waals surface area contributed by atoms with E-state index in [1.807, 2.05) is 24.3 Å². The van der Waals surface area contributed by atoms with Crippen molar-refractivity contribution in [1.29, 1.82) is 0 Å². The monoisotopic (exact) mass is 462 g/mol. The van der Waals surface area contributed by atoms with Gasteiger partial charge in [-0.25, -0.2) is 4.98 Å². The normalized spacial score (nSPS) is 15.8. The fraction of sp³-hybridized carbons (Fsp3) is 0.391. The van der Waals surface area contributed by atoms with Crippen LogP contribution in [0.1, 0.15) is 5.56 Å². The summed E-state index contributed by atoms with van der Waals surface area (Å²) in [4.78, 5) is 22.2. The highest BCUT2D eigenvalue weighted by Gasteiger charge is 2.32. The molecule has 7 nitrogen and oxygen atoms in total. The maximum atomic E-state index is 12.5. The second-order valence-corrected chi connectivity index (χ2v) is 8.07. The third kappa shape index (κ3) is 5.89. The van der Waals surface area contributed by atoms with E-state index in [1.54, 1.807) is 12.1 Å². The highest BCUT2D eigenvalue weighted by molar-refractivity contribution is 5.89. The Morgan fingerprint density at radius 3 is 2.58 bits per heavy atom. The zero-order valence-corrected chi connectivity index (χ0v) is 17.9. The Morgan fingerprint density at radius 1 is 1.09 bits per heavy atom. The Morgan fingerprint density at radius 2 is 1.82 bits per heavy atom. The van der Waals surface area contributed by atoms with Crippen molar-refractivity contribution in [3.05, 3.63) is 58.6 Å². The molecule has 3 aromatic rings. The summed E-state index contributed by atoms with van der Waals surface area (Å²) >= 11 is 0. The van der Waals surface area contributed by atoms with Crippen LogP contribution in [0.25, 0.3) is 22.0 Å². The summed E-state index contributed by atoms with van der Waals surface area (Å²) in [5.41, 5.74) is 2.32. The highest BCUT2D eigenvalue weighted by Crippen LogP contribution is 2.31. The minimum Gasteiger partial charge on any atom is -0.506 e. The van der Waals surface area contributed by atoms with Gasteiger partial charge in [-0.15, -0.1) is 0 Å². The fourth-order valence-electron chi connectivity index (χ4n) is 4.04. The summed E-state index contributed by atoms with van der Waals surface area (Å²) < 4.78 is 43.4. The van der Waals surface area contributed by atoms with Crippen LogP contribution in [0.2, 0.25) is 0 Å². The molecule has 0 bridgehead atoms. The lowest BCUT2D eigenvalue weighted by atomic mass is 9.98. The summed E-state index contributed by atoms with van der Waals surface area (Å²) in [6.07, 6.45) is -2.91. The van der Waals surface area contributed by atoms with Gasteiger partial charge in [0.1, 0.15) is 11.3 Å². The number of ether oxygens (including phenoxy) is 1. The molecule has 33 heavy (non-hydrogen) atoms. The Hall–Kier alpha value is -2.95. The summed E-state index contributed by atoms with van der Waals surface area (Å²) in [6, 6.07) is 10.8. The molecule has 0 radical (unpaired) electrons. The van der Waals surface area contributed by atoms with Gasteiger partial charge in [-0.2, -0.15) is 13.2 Å². The van der Waals surface area contributed by atoms with Gasteiger partial charge in [0.15, 0.2) is 0 Å². The predicted octanol–water partition coefficient (Wildman–Crippen LogP) is 2.99. The first-order valence-corrected chi connectivity index (χ1v) is 10.7. The Kier molecular flexibility index (Phi) is 6.96. The number of H-pyrrole nitrogens is 1. The lowest BCUT2D eigenvalue weighted by molar-refractivity contribution is -0.149.